The molecule has 0 atom stereocenters. The SMILES string of the molecule is [N-]=[N+]=NS(=O)(=O)c1ccc2c(c1)C(=O)c1cc(S(=O)(=O)N=[N+]=[N-])ccc1-2. The van der Waals surface area contributed by atoms with Gasteiger partial charge in [-0.05, 0) is 46.5 Å². The summed E-state index contributed by atoms with van der Waals surface area (Å²) in [4.78, 5) is 16.3. The minimum Gasteiger partial charge on any atom is -0.289 e. The van der Waals surface area contributed by atoms with Crippen LogP contribution in [0, 0.1) is 0 Å². The Labute approximate surface area is 146 Å². The zero-order valence-electron chi connectivity index (χ0n) is 12.5. The first kappa shape index (κ1) is 17.5. The molecule has 0 saturated carbocycles. The first-order valence-electron chi connectivity index (χ1n) is 6.67. The Morgan fingerprint density at radius 3 is 1.42 bits per heavy atom. The van der Waals surface area contributed by atoms with Crippen LogP contribution in [0.15, 0.2) is 55.2 Å². The molecule has 1 aliphatic carbocycles. The van der Waals surface area contributed by atoms with Crippen molar-refractivity contribution in [3.63, 3.8) is 0 Å². The van der Waals surface area contributed by atoms with Crippen LogP contribution in [-0.4, -0.2) is 22.6 Å². The van der Waals surface area contributed by atoms with Gasteiger partial charge in [0.05, 0.1) is 9.79 Å². The third kappa shape index (κ3) is 2.66. The third-order valence-electron chi connectivity index (χ3n) is 3.65. The van der Waals surface area contributed by atoms with Crippen molar-refractivity contribution in [2.45, 2.75) is 9.79 Å². The lowest BCUT2D eigenvalue weighted by molar-refractivity contribution is 0.104. The van der Waals surface area contributed by atoms with E-state index in [9.17, 15) is 21.6 Å². The summed E-state index contributed by atoms with van der Waals surface area (Å²) < 4.78 is 52.7. The van der Waals surface area contributed by atoms with E-state index in [1.54, 1.807) is 0 Å². The van der Waals surface area contributed by atoms with Crippen LogP contribution < -0.4 is 0 Å². The van der Waals surface area contributed by atoms with E-state index < -0.39 is 25.8 Å². The molecule has 130 valence electrons. The van der Waals surface area contributed by atoms with Crippen molar-refractivity contribution in [2.24, 2.45) is 9.04 Å². The van der Waals surface area contributed by atoms with Crippen LogP contribution >= 0.6 is 0 Å². The molecule has 0 unspecified atom stereocenters. The Kier molecular flexibility index (Phi) is 3.93. The first-order valence-corrected chi connectivity index (χ1v) is 9.55. The topological polar surface area (TPSA) is 183 Å². The Morgan fingerprint density at radius 1 is 0.692 bits per heavy atom. The van der Waals surface area contributed by atoms with E-state index in [0.29, 0.717) is 11.1 Å². The number of nitrogens with zero attached hydrogens (tertiary/aromatic N) is 6. The van der Waals surface area contributed by atoms with Crippen molar-refractivity contribution in [3.8, 4) is 11.1 Å². The molecule has 0 aromatic heterocycles. The van der Waals surface area contributed by atoms with E-state index in [-0.39, 0.29) is 20.9 Å². The van der Waals surface area contributed by atoms with Crippen LogP contribution in [0.3, 0.4) is 0 Å². The maximum atomic E-state index is 12.6. The highest BCUT2D eigenvalue weighted by atomic mass is 32.2. The fourth-order valence-electron chi connectivity index (χ4n) is 2.55. The molecule has 0 fully saturated rings. The monoisotopic (exact) mass is 390 g/mol. The van der Waals surface area contributed by atoms with Crippen LogP contribution in [0.25, 0.3) is 32.0 Å². The molecule has 2 aromatic rings. The molecule has 0 saturated heterocycles. The van der Waals surface area contributed by atoms with Crippen molar-refractivity contribution >= 4 is 25.8 Å². The van der Waals surface area contributed by atoms with Gasteiger partial charge in [0, 0.05) is 30.0 Å². The fraction of sp³-hybridized carbons (Fsp3) is 0. The summed E-state index contributed by atoms with van der Waals surface area (Å²) in [7, 11) is -8.55. The molecule has 13 heteroatoms. The lowest BCUT2D eigenvalue weighted by Crippen LogP contribution is -2.01. The Balaban J connectivity index is 2.18. The number of ketones is 1. The van der Waals surface area contributed by atoms with Gasteiger partial charge in [0.25, 0.3) is 20.0 Å². The molecule has 1 aliphatic rings. The van der Waals surface area contributed by atoms with Crippen LogP contribution in [-0.2, 0) is 20.0 Å². The minimum absolute atomic E-state index is 0.0209. The Bertz CT molecular complexity index is 1190. The lowest BCUT2D eigenvalue weighted by Gasteiger charge is -2.03. The number of benzene rings is 2. The third-order valence-corrected chi connectivity index (χ3v) is 5.92. The molecule has 0 bridgehead atoms. The molecule has 0 aliphatic heterocycles. The average Bonchev–Trinajstić information content (AvgIpc) is 2.87. The Hall–Kier alpha value is -3.37. The van der Waals surface area contributed by atoms with Gasteiger partial charge < -0.3 is 0 Å². The van der Waals surface area contributed by atoms with E-state index in [2.05, 4.69) is 18.9 Å². The van der Waals surface area contributed by atoms with Crippen LogP contribution in [0.4, 0.5) is 0 Å². The highest BCUT2D eigenvalue weighted by molar-refractivity contribution is 7.90. The van der Waals surface area contributed by atoms with Gasteiger partial charge in [0.15, 0.2) is 5.78 Å². The molecule has 2 aromatic carbocycles. The zero-order valence-corrected chi connectivity index (χ0v) is 14.1. The number of sulfonamides is 2. The quantitative estimate of drug-likeness (QED) is 0.376. The number of fused-ring (bicyclic) bond motifs is 3. The predicted octanol–water partition coefficient (Wildman–Crippen LogP) is 2.90. The van der Waals surface area contributed by atoms with Gasteiger partial charge in [-0.25, -0.2) is 16.8 Å². The molecular formula is C13H6N6O5S2. The number of hydrogen-bond donors (Lipinski definition) is 0. The molecule has 0 radical (unpaired) electrons. The number of hydrogen-bond acceptors (Lipinski definition) is 5. The van der Waals surface area contributed by atoms with Crippen LogP contribution in [0.2, 0.25) is 0 Å². The van der Waals surface area contributed by atoms with Crippen LogP contribution in [0.1, 0.15) is 15.9 Å². The molecule has 11 nitrogen and oxygen atoms in total. The van der Waals surface area contributed by atoms with E-state index >= 15 is 0 Å². The Morgan fingerprint density at radius 2 is 1.08 bits per heavy atom. The van der Waals surface area contributed by atoms with Crippen molar-refractivity contribution in [1.82, 2.24) is 0 Å². The summed E-state index contributed by atoms with van der Waals surface area (Å²) in [5.74, 6) is -0.606. The van der Waals surface area contributed by atoms with E-state index in [4.69, 9.17) is 11.1 Å². The maximum Gasteiger partial charge on any atom is 0.264 e. The van der Waals surface area contributed by atoms with Gasteiger partial charge >= 0.3 is 0 Å². The number of carbonyl (C=O) groups excluding carboxylic acids is 1. The van der Waals surface area contributed by atoms with Crippen LogP contribution in [0.5, 0.6) is 0 Å². The lowest BCUT2D eigenvalue weighted by atomic mass is 10.1. The van der Waals surface area contributed by atoms with Gasteiger partial charge in [0.1, 0.15) is 0 Å². The number of carbonyl (C=O) groups is 1. The summed E-state index contributed by atoms with van der Waals surface area (Å²) in [5, 5.41) is 0. The molecule has 0 spiro atoms. The summed E-state index contributed by atoms with van der Waals surface area (Å²) in [6, 6.07) is 7.19. The summed E-state index contributed by atoms with van der Waals surface area (Å²) in [5.41, 5.74) is 17.5. The first-order chi connectivity index (χ1) is 12.2. The zero-order chi connectivity index (χ0) is 19.1. The van der Waals surface area contributed by atoms with Crippen molar-refractivity contribution in [2.75, 3.05) is 0 Å². The molecule has 0 amide bonds. The largest absolute Gasteiger partial charge is 0.289 e. The second-order valence-corrected chi connectivity index (χ2v) is 8.21. The maximum absolute atomic E-state index is 12.6. The smallest absolute Gasteiger partial charge is 0.264 e. The van der Waals surface area contributed by atoms with E-state index in [1.807, 2.05) is 0 Å². The van der Waals surface area contributed by atoms with Crippen molar-refractivity contribution in [3.05, 3.63) is 68.4 Å². The normalized spacial score (nSPS) is 12.5. The van der Waals surface area contributed by atoms with Gasteiger partial charge in [-0.1, -0.05) is 12.1 Å². The number of rotatable bonds is 4. The van der Waals surface area contributed by atoms with Gasteiger partial charge in [0.2, 0.25) is 0 Å². The molecule has 0 heterocycles. The molecule has 3 rings (SSSR count). The summed E-state index contributed by atoms with van der Waals surface area (Å²) in [6.45, 7) is 0. The summed E-state index contributed by atoms with van der Waals surface area (Å²) >= 11 is 0. The van der Waals surface area contributed by atoms with E-state index in [0.717, 1.165) is 12.1 Å². The van der Waals surface area contributed by atoms with E-state index in [1.165, 1.54) is 24.3 Å². The van der Waals surface area contributed by atoms with Gasteiger partial charge in [-0.2, -0.15) is 0 Å². The molecular weight excluding hydrogens is 384 g/mol. The molecule has 0 N–H and O–H groups in total. The average molecular weight is 390 g/mol. The second kappa shape index (κ2) is 5.86. The molecule has 26 heavy (non-hydrogen) atoms. The number of azide groups is 2. The van der Waals surface area contributed by atoms with Gasteiger partial charge in [-0.3, -0.25) is 4.79 Å². The highest BCUT2D eigenvalue weighted by Gasteiger charge is 2.30. The standard InChI is InChI=1S/C13H6N6O5S2/c14-16-18-25(21,22)7-1-3-9-10-4-2-8(26(23,24)19-17-15)6-12(10)13(20)11(9)5-7/h1-6H. The summed E-state index contributed by atoms with van der Waals surface area (Å²) in [6.07, 6.45) is 0. The van der Waals surface area contributed by atoms with Gasteiger partial charge in [-0.15, -0.1) is 0 Å². The predicted molar refractivity (Wildman–Crippen MR) is 88.0 cm³/mol. The fourth-order valence-corrected chi connectivity index (χ4v) is 3.94. The van der Waals surface area contributed by atoms with Crippen molar-refractivity contribution < 1.29 is 21.6 Å². The van der Waals surface area contributed by atoms with Crippen molar-refractivity contribution in [1.29, 1.82) is 0 Å². The minimum atomic E-state index is -4.28. The second-order valence-electron chi connectivity index (χ2n) is 5.04. The highest BCUT2D eigenvalue weighted by Crippen LogP contribution is 2.39.